The summed E-state index contributed by atoms with van der Waals surface area (Å²) in [5.41, 5.74) is 0.00287. The van der Waals surface area contributed by atoms with Gasteiger partial charge in [0.25, 0.3) is 5.91 Å². The zero-order valence-electron chi connectivity index (χ0n) is 18.0. The fourth-order valence-corrected chi connectivity index (χ4v) is 7.95. The number of carbonyl (C=O) groups excluding carboxylic acids is 2. The Balaban J connectivity index is 1.40. The largest absolute Gasteiger partial charge is 0.358 e. The average molecular weight is 389 g/mol. The van der Waals surface area contributed by atoms with Crippen LogP contribution in [0.25, 0.3) is 0 Å². The van der Waals surface area contributed by atoms with Crippen molar-refractivity contribution in [1.29, 1.82) is 0 Å². The Morgan fingerprint density at radius 2 is 1.86 bits per heavy atom. The van der Waals surface area contributed by atoms with Crippen molar-refractivity contribution in [2.45, 2.75) is 96.9 Å². The Kier molecular flexibility index (Phi) is 3.87. The molecule has 0 radical (unpaired) electrons. The SMILES string of the molecule is CC(C)(C)NC(=O)[C@H]1CC[C@H]2[C@@H]3CC[C@H]4NC(=O)C5OC5[C@]4(C)[C@H]3CC[C@]12C. The molecule has 5 rings (SSSR count). The van der Waals surface area contributed by atoms with Gasteiger partial charge in [-0.1, -0.05) is 13.8 Å². The molecule has 0 aromatic heterocycles. The predicted molar refractivity (Wildman–Crippen MR) is 106 cm³/mol. The van der Waals surface area contributed by atoms with Gasteiger partial charge in [-0.3, -0.25) is 9.59 Å². The number of amides is 2. The van der Waals surface area contributed by atoms with E-state index in [-0.39, 0.29) is 52.4 Å². The maximum Gasteiger partial charge on any atom is 0.252 e. The van der Waals surface area contributed by atoms with Crippen molar-refractivity contribution in [2.24, 2.45) is 34.5 Å². The molecule has 2 amide bonds. The van der Waals surface area contributed by atoms with Crippen molar-refractivity contribution in [3.8, 4) is 0 Å². The van der Waals surface area contributed by atoms with E-state index in [1.807, 2.05) is 0 Å². The summed E-state index contributed by atoms with van der Waals surface area (Å²) in [5.74, 6) is 2.38. The van der Waals surface area contributed by atoms with E-state index >= 15 is 0 Å². The van der Waals surface area contributed by atoms with Crippen LogP contribution in [-0.2, 0) is 14.3 Å². The summed E-state index contributed by atoms with van der Waals surface area (Å²) in [7, 11) is 0. The number of epoxide rings is 1. The lowest BCUT2D eigenvalue weighted by Gasteiger charge is -2.59. The van der Waals surface area contributed by atoms with Crippen molar-refractivity contribution in [1.82, 2.24) is 10.6 Å². The van der Waals surface area contributed by atoms with E-state index in [9.17, 15) is 9.59 Å². The van der Waals surface area contributed by atoms with E-state index in [2.05, 4.69) is 45.3 Å². The van der Waals surface area contributed by atoms with Crippen LogP contribution in [0.1, 0.15) is 73.1 Å². The highest BCUT2D eigenvalue weighted by Gasteiger charge is 2.70. The highest BCUT2D eigenvalue weighted by atomic mass is 16.6. The molecule has 0 aromatic rings. The first-order valence-electron chi connectivity index (χ1n) is 11.3. The minimum absolute atomic E-state index is 0.0641. The summed E-state index contributed by atoms with van der Waals surface area (Å²) in [6, 6.07) is 0.260. The van der Waals surface area contributed by atoms with Gasteiger partial charge in [-0.25, -0.2) is 0 Å². The zero-order chi connectivity index (χ0) is 20.1. The normalized spacial score (nSPS) is 51.9. The molecule has 5 nitrogen and oxygen atoms in total. The molecular weight excluding hydrogens is 352 g/mol. The Bertz CT molecular complexity index is 715. The molecule has 2 aliphatic heterocycles. The minimum Gasteiger partial charge on any atom is -0.358 e. The van der Waals surface area contributed by atoms with Crippen LogP contribution in [0.3, 0.4) is 0 Å². The van der Waals surface area contributed by atoms with E-state index < -0.39 is 0 Å². The molecule has 3 saturated carbocycles. The topological polar surface area (TPSA) is 70.7 Å². The summed E-state index contributed by atoms with van der Waals surface area (Å²) < 4.78 is 5.89. The number of fused-ring (bicyclic) bond motifs is 7. The fraction of sp³-hybridized carbons (Fsp3) is 0.913. The van der Waals surface area contributed by atoms with E-state index in [1.165, 1.54) is 12.8 Å². The van der Waals surface area contributed by atoms with Crippen molar-refractivity contribution in [3.63, 3.8) is 0 Å². The van der Waals surface area contributed by atoms with Gasteiger partial charge >= 0.3 is 0 Å². The molecule has 0 bridgehead atoms. The van der Waals surface area contributed by atoms with Gasteiger partial charge in [0.15, 0.2) is 6.10 Å². The molecule has 156 valence electrons. The fourth-order valence-electron chi connectivity index (χ4n) is 7.95. The first-order valence-corrected chi connectivity index (χ1v) is 11.3. The van der Waals surface area contributed by atoms with Crippen molar-refractivity contribution in [3.05, 3.63) is 0 Å². The van der Waals surface area contributed by atoms with Gasteiger partial charge in [0.1, 0.15) is 6.10 Å². The van der Waals surface area contributed by atoms with Gasteiger partial charge in [0, 0.05) is 22.9 Å². The predicted octanol–water partition coefficient (Wildman–Crippen LogP) is 3.03. The molecule has 9 atom stereocenters. The number of piperidine rings is 1. The van der Waals surface area contributed by atoms with Crippen molar-refractivity contribution >= 4 is 11.8 Å². The smallest absolute Gasteiger partial charge is 0.252 e. The monoisotopic (exact) mass is 388 g/mol. The molecule has 5 heteroatoms. The molecule has 2 N–H and O–H groups in total. The molecule has 2 unspecified atom stereocenters. The van der Waals surface area contributed by atoms with Gasteiger partial charge in [-0.2, -0.15) is 0 Å². The van der Waals surface area contributed by atoms with Crippen molar-refractivity contribution < 1.29 is 14.3 Å². The number of hydrogen-bond donors (Lipinski definition) is 2. The lowest BCUT2D eigenvalue weighted by Crippen LogP contribution is -2.64. The minimum atomic E-state index is -0.206. The van der Waals surface area contributed by atoms with Crippen LogP contribution in [0, 0.1) is 34.5 Å². The van der Waals surface area contributed by atoms with E-state index in [1.54, 1.807) is 0 Å². The Morgan fingerprint density at radius 1 is 1.11 bits per heavy atom. The van der Waals surface area contributed by atoms with Crippen LogP contribution in [0.2, 0.25) is 0 Å². The van der Waals surface area contributed by atoms with Crippen LogP contribution in [0.15, 0.2) is 0 Å². The maximum absolute atomic E-state index is 13.1. The summed E-state index contributed by atoms with van der Waals surface area (Å²) in [6.07, 6.45) is 6.61. The molecule has 2 saturated heterocycles. The van der Waals surface area contributed by atoms with Crippen LogP contribution < -0.4 is 10.6 Å². The molecule has 28 heavy (non-hydrogen) atoms. The number of rotatable bonds is 1. The third-order valence-corrected chi connectivity index (χ3v) is 9.27. The van der Waals surface area contributed by atoms with Crippen LogP contribution in [0.4, 0.5) is 0 Å². The lowest BCUT2D eigenvalue weighted by molar-refractivity contribution is -0.139. The Hall–Kier alpha value is -1.10. The summed E-state index contributed by atoms with van der Waals surface area (Å²) in [5, 5.41) is 6.53. The molecule has 0 aromatic carbocycles. The molecule has 2 heterocycles. The van der Waals surface area contributed by atoms with Gasteiger partial charge in [0.05, 0.1) is 0 Å². The highest BCUT2D eigenvalue weighted by molar-refractivity contribution is 5.85. The lowest BCUT2D eigenvalue weighted by atomic mass is 9.47. The number of hydrogen-bond acceptors (Lipinski definition) is 3. The maximum atomic E-state index is 13.1. The second-order valence-electron chi connectivity index (χ2n) is 11.8. The third-order valence-electron chi connectivity index (χ3n) is 9.27. The second kappa shape index (κ2) is 5.74. The Labute approximate surface area is 168 Å². The van der Waals surface area contributed by atoms with Gasteiger partial charge < -0.3 is 15.4 Å². The number of carbonyl (C=O) groups is 2. The van der Waals surface area contributed by atoms with Gasteiger partial charge in [0.2, 0.25) is 5.91 Å². The second-order valence-corrected chi connectivity index (χ2v) is 11.8. The van der Waals surface area contributed by atoms with E-state index in [0.29, 0.717) is 17.8 Å². The number of ether oxygens (including phenoxy) is 1. The van der Waals surface area contributed by atoms with Crippen LogP contribution in [-0.4, -0.2) is 35.6 Å². The molecule has 5 fully saturated rings. The first kappa shape index (κ1) is 18.9. The van der Waals surface area contributed by atoms with Gasteiger partial charge in [-0.15, -0.1) is 0 Å². The van der Waals surface area contributed by atoms with Crippen molar-refractivity contribution in [2.75, 3.05) is 0 Å². The quantitative estimate of drug-likeness (QED) is 0.679. The van der Waals surface area contributed by atoms with Gasteiger partial charge in [-0.05, 0) is 82.5 Å². The number of nitrogens with one attached hydrogen (secondary N) is 2. The Morgan fingerprint density at radius 3 is 2.57 bits per heavy atom. The highest BCUT2D eigenvalue weighted by Crippen LogP contribution is 2.67. The molecular formula is C23H36N2O3. The summed E-state index contributed by atoms with van der Waals surface area (Å²) >= 11 is 0. The molecule has 5 aliphatic rings. The van der Waals surface area contributed by atoms with E-state index in [0.717, 1.165) is 25.7 Å². The third kappa shape index (κ3) is 2.47. The summed E-state index contributed by atoms with van der Waals surface area (Å²) in [4.78, 5) is 25.3. The molecule has 0 spiro atoms. The average Bonchev–Trinajstić information content (AvgIpc) is 3.32. The van der Waals surface area contributed by atoms with Crippen LogP contribution in [0.5, 0.6) is 0 Å². The first-order chi connectivity index (χ1) is 13.1. The standard InChI is InChI=1S/C23H36N2O3/c1-21(2,3)25-19(26)15-8-7-13-12-6-9-16-23(5,14(12)10-11-22(13,15)4)18-17(28-18)20(27)24-16/h12-18H,6-11H2,1-5H3,(H,24,27)(H,25,26)/t12-,13-,14-,15+,16+,17?,18?,22-,23+/m0/s1. The molecule has 3 aliphatic carbocycles. The zero-order valence-corrected chi connectivity index (χ0v) is 18.0. The summed E-state index contributed by atoms with van der Waals surface area (Å²) in [6.45, 7) is 11.0. The van der Waals surface area contributed by atoms with E-state index in [4.69, 9.17) is 4.74 Å². The van der Waals surface area contributed by atoms with Crippen LogP contribution >= 0.6 is 0 Å².